The summed E-state index contributed by atoms with van der Waals surface area (Å²) in [6.07, 6.45) is 10.6. The van der Waals surface area contributed by atoms with E-state index < -0.39 is 0 Å². The van der Waals surface area contributed by atoms with Gasteiger partial charge in [0.05, 0.1) is 31.8 Å². The second kappa shape index (κ2) is 5.75. The van der Waals surface area contributed by atoms with Crippen molar-refractivity contribution in [1.29, 1.82) is 0 Å². The molecule has 0 radical (unpaired) electrons. The smallest absolute Gasteiger partial charge is 0.126 e. The fraction of sp³-hybridized carbons (Fsp3) is 1.00. The predicted octanol–water partition coefficient (Wildman–Crippen LogP) is 2.96. The molecular formula is C19H34NO2+. The Labute approximate surface area is 135 Å². The highest BCUT2D eigenvalue weighted by molar-refractivity contribution is 5.03. The van der Waals surface area contributed by atoms with Gasteiger partial charge in [0.15, 0.2) is 0 Å². The van der Waals surface area contributed by atoms with Gasteiger partial charge in [0.2, 0.25) is 0 Å². The molecule has 0 spiro atoms. The fourth-order valence-corrected chi connectivity index (χ4v) is 6.61. The first-order valence-corrected chi connectivity index (χ1v) is 9.77. The monoisotopic (exact) mass is 308 g/mol. The number of hydrogen-bond donors (Lipinski definition) is 1. The van der Waals surface area contributed by atoms with Gasteiger partial charge in [-0.2, -0.15) is 0 Å². The van der Waals surface area contributed by atoms with Crippen LogP contribution >= 0.6 is 0 Å². The van der Waals surface area contributed by atoms with Crippen LogP contribution in [0.15, 0.2) is 0 Å². The molecule has 4 bridgehead atoms. The summed E-state index contributed by atoms with van der Waals surface area (Å²) < 4.78 is 7.56. The lowest BCUT2D eigenvalue weighted by molar-refractivity contribution is -0.918. The van der Waals surface area contributed by atoms with Gasteiger partial charge in [0, 0.05) is 12.8 Å². The topological polar surface area (TPSA) is 29.5 Å². The first-order chi connectivity index (χ1) is 10.6. The lowest BCUT2D eigenvalue weighted by atomic mass is 9.54. The van der Waals surface area contributed by atoms with Crippen LogP contribution < -0.4 is 0 Å². The van der Waals surface area contributed by atoms with E-state index in [0.717, 1.165) is 35.3 Å². The Bertz CT molecular complexity index is 367. The Morgan fingerprint density at radius 3 is 2.09 bits per heavy atom. The quantitative estimate of drug-likeness (QED) is 0.765. The Hall–Kier alpha value is -0.120. The maximum atomic E-state index is 10.6. The highest BCUT2D eigenvalue weighted by atomic mass is 16.5. The SMILES string of the molecule is CC[N+]1(C[C@@H](O)COC23CC4CC(CC(C4)C2)C3)CCCC1. The van der Waals surface area contributed by atoms with Crippen molar-refractivity contribution < 1.29 is 14.3 Å². The van der Waals surface area contributed by atoms with Gasteiger partial charge in [-0.25, -0.2) is 0 Å². The number of nitrogens with zero attached hydrogens (tertiary/aromatic N) is 1. The molecule has 4 saturated carbocycles. The van der Waals surface area contributed by atoms with E-state index in [1.54, 1.807) is 0 Å². The van der Waals surface area contributed by atoms with Gasteiger partial charge < -0.3 is 14.3 Å². The van der Waals surface area contributed by atoms with Crippen LogP contribution in [0.1, 0.15) is 58.3 Å². The van der Waals surface area contributed by atoms with Crippen molar-refractivity contribution in [1.82, 2.24) is 0 Å². The second-order valence-electron chi connectivity index (χ2n) is 9.06. The normalized spacial score (nSPS) is 43.6. The largest absolute Gasteiger partial charge is 0.385 e. The van der Waals surface area contributed by atoms with Crippen molar-refractivity contribution in [3.8, 4) is 0 Å². The van der Waals surface area contributed by atoms with Crippen molar-refractivity contribution in [3.05, 3.63) is 0 Å². The molecule has 0 aromatic rings. The van der Waals surface area contributed by atoms with Crippen LogP contribution in [0.4, 0.5) is 0 Å². The lowest BCUT2D eigenvalue weighted by Gasteiger charge is -2.56. The minimum absolute atomic E-state index is 0.151. The van der Waals surface area contributed by atoms with Gasteiger partial charge in [0.25, 0.3) is 0 Å². The van der Waals surface area contributed by atoms with Crippen LogP contribution in [0, 0.1) is 17.8 Å². The Kier molecular flexibility index (Phi) is 4.03. The van der Waals surface area contributed by atoms with Crippen molar-refractivity contribution in [2.75, 3.05) is 32.8 Å². The third-order valence-electron chi connectivity index (χ3n) is 7.35. The third kappa shape index (κ3) is 2.85. The highest BCUT2D eigenvalue weighted by Crippen LogP contribution is 2.57. The zero-order chi connectivity index (χ0) is 15.2. The first-order valence-electron chi connectivity index (χ1n) is 9.77. The molecule has 0 unspecified atom stereocenters. The number of quaternary nitrogens is 1. The van der Waals surface area contributed by atoms with Gasteiger partial charge in [-0.15, -0.1) is 0 Å². The molecule has 1 N–H and O–H groups in total. The van der Waals surface area contributed by atoms with Crippen LogP contribution in [0.5, 0.6) is 0 Å². The van der Waals surface area contributed by atoms with Crippen LogP contribution in [0.2, 0.25) is 0 Å². The van der Waals surface area contributed by atoms with Crippen molar-refractivity contribution >= 4 is 0 Å². The summed E-state index contributed by atoms with van der Waals surface area (Å²) in [6, 6.07) is 0. The fourth-order valence-electron chi connectivity index (χ4n) is 6.61. The highest BCUT2D eigenvalue weighted by Gasteiger charge is 2.51. The van der Waals surface area contributed by atoms with E-state index in [-0.39, 0.29) is 11.7 Å². The molecule has 1 saturated heterocycles. The summed E-state index contributed by atoms with van der Waals surface area (Å²) in [5.74, 6) is 2.78. The van der Waals surface area contributed by atoms with E-state index in [4.69, 9.17) is 4.74 Å². The minimum atomic E-state index is -0.272. The summed E-state index contributed by atoms with van der Waals surface area (Å²) in [6.45, 7) is 7.43. The van der Waals surface area contributed by atoms with Crippen molar-refractivity contribution in [2.45, 2.75) is 70.0 Å². The molecule has 0 amide bonds. The molecule has 1 atom stereocenters. The summed E-state index contributed by atoms with van der Waals surface area (Å²) >= 11 is 0. The molecule has 0 aromatic carbocycles. The number of hydrogen-bond acceptors (Lipinski definition) is 2. The van der Waals surface area contributed by atoms with Gasteiger partial charge in [-0.3, -0.25) is 0 Å². The molecule has 1 aliphatic heterocycles. The van der Waals surface area contributed by atoms with Crippen molar-refractivity contribution in [3.63, 3.8) is 0 Å². The van der Waals surface area contributed by atoms with Gasteiger partial charge in [-0.1, -0.05) is 0 Å². The number of aliphatic hydroxyl groups excluding tert-OH is 1. The average Bonchev–Trinajstić information content (AvgIpc) is 2.93. The number of likely N-dealkylation sites (N-methyl/N-ethyl adjacent to an activating group) is 1. The molecule has 126 valence electrons. The number of ether oxygens (including phenoxy) is 1. The number of aliphatic hydroxyl groups is 1. The van der Waals surface area contributed by atoms with Crippen LogP contribution in [-0.2, 0) is 4.74 Å². The molecule has 3 heteroatoms. The van der Waals surface area contributed by atoms with E-state index in [1.165, 1.54) is 64.5 Å². The Morgan fingerprint density at radius 2 is 1.59 bits per heavy atom. The van der Waals surface area contributed by atoms with E-state index in [9.17, 15) is 5.11 Å². The molecule has 1 heterocycles. The molecule has 0 aromatic heterocycles. The van der Waals surface area contributed by atoms with Crippen molar-refractivity contribution in [2.24, 2.45) is 17.8 Å². The molecule has 5 fully saturated rings. The molecular weight excluding hydrogens is 274 g/mol. The second-order valence-corrected chi connectivity index (χ2v) is 9.06. The van der Waals surface area contributed by atoms with E-state index in [0.29, 0.717) is 6.61 Å². The van der Waals surface area contributed by atoms with E-state index >= 15 is 0 Å². The number of likely N-dealkylation sites (tertiary alicyclic amines) is 1. The summed E-state index contributed by atoms with van der Waals surface area (Å²) in [5, 5.41) is 10.6. The maximum absolute atomic E-state index is 10.6. The molecule has 5 aliphatic rings. The standard InChI is InChI=1S/C19H34NO2/c1-2-20(5-3-4-6-20)13-18(21)14-22-19-10-15-7-16(11-19)9-17(8-15)12-19/h15-18,21H,2-14H2,1H3/q+1/t15?,16?,17?,18-,19?/m1/s1. The summed E-state index contributed by atoms with van der Waals surface area (Å²) in [5.41, 5.74) is 0.151. The summed E-state index contributed by atoms with van der Waals surface area (Å²) in [7, 11) is 0. The maximum Gasteiger partial charge on any atom is 0.126 e. The van der Waals surface area contributed by atoms with Crippen LogP contribution in [-0.4, -0.2) is 54.1 Å². The van der Waals surface area contributed by atoms with E-state index in [2.05, 4.69) is 6.92 Å². The first kappa shape index (κ1) is 15.4. The molecule has 5 rings (SSSR count). The van der Waals surface area contributed by atoms with E-state index in [1.807, 2.05) is 0 Å². The van der Waals surface area contributed by atoms with Gasteiger partial charge in [0.1, 0.15) is 12.6 Å². The molecule has 22 heavy (non-hydrogen) atoms. The minimum Gasteiger partial charge on any atom is -0.385 e. The Balaban J connectivity index is 1.32. The molecule has 4 aliphatic carbocycles. The van der Waals surface area contributed by atoms with Gasteiger partial charge in [-0.05, 0) is 63.2 Å². The number of rotatable bonds is 6. The predicted molar refractivity (Wildman–Crippen MR) is 87.5 cm³/mol. The molecule has 3 nitrogen and oxygen atoms in total. The lowest BCUT2D eigenvalue weighted by Crippen LogP contribution is -2.54. The third-order valence-corrected chi connectivity index (χ3v) is 7.35. The van der Waals surface area contributed by atoms with Crippen LogP contribution in [0.3, 0.4) is 0 Å². The zero-order valence-electron chi connectivity index (χ0n) is 14.3. The zero-order valence-corrected chi connectivity index (χ0v) is 14.3. The Morgan fingerprint density at radius 1 is 1.05 bits per heavy atom. The average molecular weight is 308 g/mol. The summed E-state index contributed by atoms with van der Waals surface area (Å²) in [4.78, 5) is 0. The van der Waals surface area contributed by atoms with Crippen LogP contribution in [0.25, 0.3) is 0 Å². The van der Waals surface area contributed by atoms with Gasteiger partial charge >= 0.3 is 0 Å².